The number of ether oxygens (including phenoxy) is 4. The molecule has 1 aliphatic heterocycles. The molecule has 0 unspecified atom stereocenters. The lowest BCUT2D eigenvalue weighted by Gasteiger charge is -2.42. The molecule has 0 aliphatic carbocycles. The molecule has 8 nitrogen and oxygen atoms in total. The van der Waals surface area contributed by atoms with Gasteiger partial charge >= 0.3 is 11.9 Å². The maximum atomic E-state index is 11.3. The molecule has 1 saturated heterocycles. The normalized spacial score (nSPS) is 31.6. The van der Waals surface area contributed by atoms with Crippen LogP contribution in [0.4, 0.5) is 0 Å². The van der Waals surface area contributed by atoms with Crippen molar-refractivity contribution in [3.05, 3.63) is 0 Å². The predicted molar refractivity (Wildman–Crippen MR) is 73.7 cm³/mol. The van der Waals surface area contributed by atoms with Crippen molar-refractivity contribution in [3.63, 3.8) is 0 Å². The van der Waals surface area contributed by atoms with E-state index < -0.39 is 49.3 Å². The summed E-state index contributed by atoms with van der Waals surface area (Å²) in [5.41, 5.74) is 0. The van der Waals surface area contributed by atoms with Crippen molar-refractivity contribution in [2.75, 3.05) is 13.2 Å². The van der Waals surface area contributed by atoms with Crippen molar-refractivity contribution in [3.8, 4) is 0 Å². The Morgan fingerprint density at radius 3 is 2.18 bits per heavy atom. The highest BCUT2D eigenvalue weighted by molar-refractivity contribution is 5.67. The van der Waals surface area contributed by atoms with Gasteiger partial charge in [0.25, 0.3) is 0 Å². The summed E-state index contributed by atoms with van der Waals surface area (Å²) >= 11 is 0. The molecule has 0 aromatic rings. The fourth-order valence-corrected chi connectivity index (χ4v) is 2.25. The molecule has 8 heteroatoms. The summed E-state index contributed by atoms with van der Waals surface area (Å²) < 4.78 is 21.0. The average Bonchev–Trinajstić information content (AvgIpc) is 2.44. The Balaban J connectivity index is 2.95. The van der Waals surface area contributed by atoms with Gasteiger partial charge in [-0.15, -0.1) is 0 Å². The first kappa shape index (κ1) is 18.8. The number of hydrogen-bond acceptors (Lipinski definition) is 8. The summed E-state index contributed by atoms with van der Waals surface area (Å²) in [7, 11) is 0. The Morgan fingerprint density at radius 1 is 1.09 bits per heavy atom. The van der Waals surface area contributed by atoms with Gasteiger partial charge in [0, 0.05) is 20.5 Å². The zero-order valence-corrected chi connectivity index (χ0v) is 13.1. The number of unbranched alkanes of at least 4 members (excludes halogenated alkanes) is 1. The van der Waals surface area contributed by atoms with Crippen LogP contribution in [0.5, 0.6) is 0 Å². The molecule has 1 fully saturated rings. The SMILES string of the molecule is CCCCO[C@H]1[C@H](OC(C)=O)[C@H](OC(C)=O)[C@@H](O)O[C@@H]1CO. The number of esters is 2. The molecule has 1 aliphatic rings. The second-order valence-corrected chi connectivity index (χ2v) is 5.08. The van der Waals surface area contributed by atoms with Gasteiger partial charge < -0.3 is 29.2 Å². The first-order valence-corrected chi connectivity index (χ1v) is 7.31. The molecule has 128 valence electrons. The standard InChI is InChI=1S/C14H24O8/c1-4-5-6-19-11-10(7-15)22-14(18)13(21-9(3)17)12(11)20-8(2)16/h10-15,18H,4-7H2,1-3H3/t10-,11-,12+,13+,14+/m1/s1. The van der Waals surface area contributed by atoms with Gasteiger partial charge in [-0.3, -0.25) is 9.59 Å². The minimum Gasteiger partial charge on any atom is -0.455 e. The Kier molecular flexibility index (Phi) is 7.74. The van der Waals surface area contributed by atoms with Gasteiger partial charge in [-0.1, -0.05) is 13.3 Å². The topological polar surface area (TPSA) is 112 Å². The first-order chi connectivity index (χ1) is 10.4. The van der Waals surface area contributed by atoms with Crippen molar-refractivity contribution >= 4 is 11.9 Å². The van der Waals surface area contributed by atoms with Crippen LogP contribution < -0.4 is 0 Å². The highest BCUT2D eigenvalue weighted by atomic mass is 16.7. The van der Waals surface area contributed by atoms with Crippen LogP contribution in [-0.2, 0) is 28.5 Å². The van der Waals surface area contributed by atoms with E-state index in [1.165, 1.54) is 13.8 Å². The number of rotatable bonds is 7. The Labute approximate surface area is 129 Å². The summed E-state index contributed by atoms with van der Waals surface area (Å²) in [5, 5.41) is 19.3. The number of carbonyl (C=O) groups is 2. The third-order valence-corrected chi connectivity index (χ3v) is 3.20. The number of hydrogen-bond donors (Lipinski definition) is 2. The van der Waals surface area contributed by atoms with Crippen LogP contribution in [0.1, 0.15) is 33.6 Å². The molecule has 0 spiro atoms. The fourth-order valence-electron chi connectivity index (χ4n) is 2.25. The summed E-state index contributed by atoms with van der Waals surface area (Å²) in [6, 6.07) is 0. The zero-order valence-electron chi connectivity index (χ0n) is 13.1. The molecule has 0 aromatic carbocycles. The van der Waals surface area contributed by atoms with Crippen molar-refractivity contribution < 1.29 is 38.7 Å². The predicted octanol–water partition coefficient (Wildman–Crippen LogP) is -0.255. The third kappa shape index (κ3) is 5.20. The van der Waals surface area contributed by atoms with Gasteiger partial charge in [-0.2, -0.15) is 0 Å². The second kappa shape index (κ2) is 9.04. The first-order valence-electron chi connectivity index (χ1n) is 7.31. The van der Waals surface area contributed by atoms with Gasteiger partial charge in [0.05, 0.1) is 6.61 Å². The average molecular weight is 320 g/mol. The Hall–Kier alpha value is -1.22. The lowest BCUT2D eigenvalue weighted by Crippen LogP contribution is -2.61. The Morgan fingerprint density at radius 2 is 1.68 bits per heavy atom. The van der Waals surface area contributed by atoms with E-state index in [0.29, 0.717) is 6.61 Å². The van der Waals surface area contributed by atoms with E-state index in [0.717, 1.165) is 12.8 Å². The van der Waals surface area contributed by atoms with Crippen LogP contribution in [0.3, 0.4) is 0 Å². The van der Waals surface area contributed by atoms with Crippen molar-refractivity contribution in [2.45, 2.75) is 64.3 Å². The molecule has 22 heavy (non-hydrogen) atoms. The highest BCUT2D eigenvalue weighted by Gasteiger charge is 2.49. The van der Waals surface area contributed by atoms with Gasteiger partial charge in [-0.25, -0.2) is 0 Å². The van der Waals surface area contributed by atoms with Gasteiger partial charge in [-0.05, 0) is 6.42 Å². The van der Waals surface area contributed by atoms with Gasteiger partial charge in [0.1, 0.15) is 12.2 Å². The smallest absolute Gasteiger partial charge is 0.303 e. The zero-order chi connectivity index (χ0) is 16.7. The molecule has 2 N–H and O–H groups in total. The molecular formula is C14H24O8. The summed E-state index contributed by atoms with van der Waals surface area (Å²) in [5.74, 6) is -1.27. The summed E-state index contributed by atoms with van der Waals surface area (Å²) in [4.78, 5) is 22.5. The maximum absolute atomic E-state index is 11.3. The Bertz CT molecular complexity index is 372. The lowest BCUT2D eigenvalue weighted by atomic mass is 9.98. The lowest BCUT2D eigenvalue weighted by molar-refractivity contribution is -0.299. The summed E-state index contributed by atoms with van der Waals surface area (Å²) in [6.07, 6.45) is -3.85. The van der Waals surface area contributed by atoms with E-state index in [9.17, 15) is 19.8 Å². The van der Waals surface area contributed by atoms with Crippen LogP contribution >= 0.6 is 0 Å². The number of aliphatic hydroxyl groups is 2. The maximum Gasteiger partial charge on any atom is 0.303 e. The quantitative estimate of drug-likeness (QED) is 0.488. The molecule has 0 radical (unpaired) electrons. The number of aliphatic hydroxyl groups excluding tert-OH is 2. The highest BCUT2D eigenvalue weighted by Crippen LogP contribution is 2.27. The fraction of sp³-hybridized carbons (Fsp3) is 0.857. The largest absolute Gasteiger partial charge is 0.455 e. The van der Waals surface area contributed by atoms with Crippen LogP contribution in [0.2, 0.25) is 0 Å². The van der Waals surface area contributed by atoms with Crippen molar-refractivity contribution in [1.82, 2.24) is 0 Å². The molecule has 0 amide bonds. The van der Waals surface area contributed by atoms with E-state index in [-0.39, 0.29) is 0 Å². The second-order valence-electron chi connectivity index (χ2n) is 5.08. The van der Waals surface area contributed by atoms with E-state index >= 15 is 0 Å². The molecular weight excluding hydrogens is 296 g/mol. The monoisotopic (exact) mass is 320 g/mol. The molecule has 0 bridgehead atoms. The molecule has 5 atom stereocenters. The van der Waals surface area contributed by atoms with Crippen LogP contribution in [0, 0.1) is 0 Å². The summed E-state index contributed by atoms with van der Waals surface area (Å²) in [6.45, 7) is 4.28. The van der Waals surface area contributed by atoms with Crippen molar-refractivity contribution in [1.29, 1.82) is 0 Å². The van der Waals surface area contributed by atoms with Gasteiger partial charge in [0.15, 0.2) is 18.5 Å². The molecule has 1 heterocycles. The molecule has 0 saturated carbocycles. The molecule has 1 rings (SSSR count). The van der Waals surface area contributed by atoms with Gasteiger partial charge in [0.2, 0.25) is 0 Å². The third-order valence-electron chi connectivity index (χ3n) is 3.20. The van der Waals surface area contributed by atoms with E-state index in [1.54, 1.807) is 0 Å². The number of carbonyl (C=O) groups excluding carboxylic acids is 2. The van der Waals surface area contributed by atoms with Crippen LogP contribution in [0.15, 0.2) is 0 Å². The van der Waals surface area contributed by atoms with Crippen LogP contribution in [0.25, 0.3) is 0 Å². The minimum absolute atomic E-state index is 0.363. The van der Waals surface area contributed by atoms with E-state index in [4.69, 9.17) is 18.9 Å². The van der Waals surface area contributed by atoms with Crippen molar-refractivity contribution in [2.24, 2.45) is 0 Å². The van der Waals surface area contributed by atoms with Crippen LogP contribution in [-0.4, -0.2) is 66.1 Å². The molecule has 0 aromatic heterocycles. The minimum atomic E-state index is -1.52. The van der Waals surface area contributed by atoms with E-state index in [1.807, 2.05) is 6.92 Å². The van der Waals surface area contributed by atoms with E-state index in [2.05, 4.69) is 0 Å².